The van der Waals surface area contributed by atoms with Crippen LogP contribution in [-0.2, 0) is 0 Å². The maximum atomic E-state index is 3.54. The van der Waals surface area contributed by atoms with Gasteiger partial charge in [0.2, 0.25) is 0 Å². The molecule has 1 atom stereocenters. The molecule has 1 fully saturated rings. The zero-order valence-corrected chi connectivity index (χ0v) is 10.6. The summed E-state index contributed by atoms with van der Waals surface area (Å²) in [5, 5.41) is 3.54. The molecule has 1 unspecified atom stereocenters. The summed E-state index contributed by atoms with van der Waals surface area (Å²) in [6, 6.07) is 0.683. The minimum absolute atomic E-state index is 0.683. The maximum Gasteiger partial charge on any atom is 0.0166 e. The summed E-state index contributed by atoms with van der Waals surface area (Å²) >= 11 is 0. The second-order valence-corrected chi connectivity index (χ2v) is 4.92. The standard InChI is InChI=1S/C13H28N2/c1-3-4-5-6-7-10-15-11-8-9-14-13(2)12-15/h13-14H,3-12H2,1-2H3. The van der Waals surface area contributed by atoms with Gasteiger partial charge >= 0.3 is 0 Å². The Labute approximate surface area is 95.4 Å². The van der Waals surface area contributed by atoms with Crippen molar-refractivity contribution in [2.45, 2.75) is 58.4 Å². The third-order valence-corrected chi connectivity index (χ3v) is 3.25. The van der Waals surface area contributed by atoms with Crippen LogP contribution in [0.15, 0.2) is 0 Å². The van der Waals surface area contributed by atoms with Crippen molar-refractivity contribution < 1.29 is 0 Å². The van der Waals surface area contributed by atoms with E-state index < -0.39 is 0 Å². The Morgan fingerprint density at radius 3 is 2.80 bits per heavy atom. The van der Waals surface area contributed by atoms with Gasteiger partial charge in [-0.1, -0.05) is 32.6 Å². The SMILES string of the molecule is CCCCCCCN1CCCNC(C)C1. The van der Waals surface area contributed by atoms with Crippen LogP contribution in [0.5, 0.6) is 0 Å². The summed E-state index contributed by atoms with van der Waals surface area (Å²) in [5.74, 6) is 0. The van der Waals surface area contributed by atoms with Crippen LogP contribution in [-0.4, -0.2) is 37.1 Å². The Kier molecular flexibility index (Phi) is 7.03. The van der Waals surface area contributed by atoms with E-state index in [-0.39, 0.29) is 0 Å². The van der Waals surface area contributed by atoms with Crippen LogP contribution in [0.25, 0.3) is 0 Å². The van der Waals surface area contributed by atoms with Gasteiger partial charge in [-0.05, 0) is 39.4 Å². The fourth-order valence-corrected chi connectivity index (χ4v) is 2.34. The number of hydrogen-bond acceptors (Lipinski definition) is 2. The summed E-state index contributed by atoms with van der Waals surface area (Å²) in [6.07, 6.45) is 8.33. The van der Waals surface area contributed by atoms with Gasteiger partial charge in [0.25, 0.3) is 0 Å². The minimum Gasteiger partial charge on any atom is -0.313 e. The summed E-state index contributed by atoms with van der Waals surface area (Å²) in [5.41, 5.74) is 0. The number of nitrogens with one attached hydrogen (secondary N) is 1. The zero-order chi connectivity index (χ0) is 10.9. The predicted octanol–water partition coefficient (Wildman–Crippen LogP) is 2.64. The van der Waals surface area contributed by atoms with Crippen LogP contribution < -0.4 is 5.32 Å². The van der Waals surface area contributed by atoms with Crippen LogP contribution >= 0.6 is 0 Å². The molecule has 90 valence electrons. The van der Waals surface area contributed by atoms with Crippen molar-refractivity contribution in [1.29, 1.82) is 0 Å². The van der Waals surface area contributed by atoms with E-state index in [1.54, 1.807) is 0 Å². The van der Waals surface area contributed by atoms with E-state index in [9.17, 15) is 0 Å². The molecule has 1 saturated heterocycles. The first-order valence-corrected chi connectivity index (χ1v) is 6.78. The lowest BCUT2D eigenvalue weighted by molar-refractivity contribution is 0.266. The molecule has 0 radical (unpaired) electrons. The van der Waals surface area contributed by atoms with E-state index in [2.05, 4.69) is 24.1 Å². The van der Waals surface area contributed by atoms with Gasteiger partial charge in [0.1, 0.15) is 0 Å². The Morgan fingerprint density at radius 2 is 2.00 bits per heavy atom. The quantitative estimate of drug-likeness (QED) is 0.681. The maximum absolute atomic E-state index is 3.54. The molecule has 2 heteroatoms. The topological polar surface area (TPSA) is 15.3 Å². The molecule has 0 bridgehead atoms. The second-order valence-electron chi connectivity index (χ2n) is 4.92. The van der Waals surface area contributed by atoms with Gasteiger partial charge < -0.3 is 10.2 Å². The number of rotatable bonds is 6. The van der Waals surface area contributed by atoms with Gasteiger partial charge in [0, 0.05) is 12.6 Å². The summed E-state index contributed by atoms with van der Waals surface area (Å²) in [4.78, 5) is 2.64. The molecule has 0 aliphatic carbocycles. The van der Waals surface area contributed by atoms with Gasteiger partial charge in [-0.15, -0.1) is 0 Å². The molecular weight excluding hydrogens is 184 g/mol. The van der Waals surface area contributed by atoms with Crippen molar-refractivity contribution in [2.75, 3.05) is 26.2 Å². The molecule has 15 heavy (non-hydrogen) atoms. The first kappa shape index (κ1) is 13.0. The first-order chi connectivity index (χ1) is 7.33. The van der Waals surface area contributed by atoms with Crippen molar-refractivity contribution in [3.63, 3.8) is 0 Å². The Balaban J connectivity index is 2.03. The number of nitrogens with zero attached hydrogens (tertiary/aromatic N) is 1. The normalized spacial score (nSPS) is 24.0. The second kappa shape index (κ2) is 8.12. The molecule has 1 N–H and O–H groups in total. The first-order valence-electron chi connectivity index (χ1n) is 6.78. The predicted molar refractivity (Wildman–Crippen MR) is 67.3 cm³/mol. The third kappa shape index (κ3) is 6.16. The summed E-state index contributed by atoms with van der Waals surface area (Å²) in [6.45, 7) is 9.64. The molecule has 0 aromatic carbocycles. The van der Waals surface area contributed by atoms with Crippen molar-refractivity contribution >= 4 is 0 Å². The third-order valence-electron chi connectivity index (χ3n) is 3.25. The minimum atomic E-state index is 0.683. The van der Waals surface area contributed by atoms with E-state index in [1.807, 2.05) is 0 Å². The van der Waals surface area contributed by atoms with Crippen LogP contribution in [0.1, 0.15) is 52.4 Å². The molecule has 1 aliphatic rings. The molecule has 0 aromatic heterocycles. The molecule has 1 heterocycles. The molecule has 0 aromatic rings. The van der Waals surface area contributed by atoms with Crippen molar-refractivity contribution in [1.82, 2.24) is 10.2 Å². The van der Waals surface area contributed by atoms with Gasteiger partial charge in [0.15, 0.2) is 0 Å². The van der Waals surface area contributed by atoms with Gasteiger partial charge in [0.05, 0.1) is 0 Å². The highest BCUT2D eigenvalue weighted by Gasteiger charge is 2.12. The largest absolute Gasteiger partial charge is 0.313 e. The van der Waals surface area contributed by atoms with E-state index in [0.29, 0.717) is 6.04 Å². The van der Waals surface area contributed by atoms with E-state index in [0.717, 1.165) is 0 Å². The van der Waals surface area contributed by atoms with Crippen LogP contribution in [0, 0.1) is 0 Å². The lowest BCUT2D eigenvalue weighted by Crippen LogP contribution is -2.35. The molecule has 1 aliphatic heterocycles. The molecule has 0 saturated carbocycles. The average Bonchev–Trinajstić information content (AvgIpc) is 2.43. The highest BCUT2D eigenvalue weighted by atomic mass is 15.2. The highest BCUT2D eigenvalue weighted by Crippen LogP contribution is 2.06. The van der Waals surface area contributed by atoms with Crippen molar-refractivity contribution in [3.8, 4) is 0 Å². The van der Waals surface area contributed by atoms with Gasteiger partial charge in [-0.3, -0.25) is 0 Å². The molecule has 0 spiro atoms. The molecule has 2 nitrogen and oxygen atoms in total. The lowest BCUT2D eigenvalue weighted by Gasteiger charge is -2.22. The smallest absolute Gasteiger partial charge is 0.0166 e. The Bertz CT molecular complexity index is 147. The lowest BCUT2D eigenvalue weighted by atomic mass is 10.1. The van der Waals surface area contributed by atoms with E-state index in [4.69, 9.17) is 0 Å². The van der Waals surface area contributed by atoms with Gasteiger partial charge in [-0.25, -0.2) is 0 Å². The monoisotopic (exact) mass is 212 g/mol. The molecule has 1 rings (SSSR count). The van der Waals surface area contributed by atoms with Crippen LogP contribution in [0.2, 0.25) is 0 Å². The van der Waals surface area contributed by atoms with Crippen LogP contribution in [0.3, 0.4) is 0 Å². The van der Waals surface area contributed by atoms with Crippen molar-refractivity contribution in [3.05, 3.63) is 0 Å². The van der Waals surface area contributed by atoms with Gasteiger partial charge in [-0.2, -0.15) is 0 Å². The molecular formula is C13H28N2. The van der Waals surface area contributed by atoms with Crippen molar-refractivity contribution in [2.24, 2.45) is 0 Å². The summed E-state index contributed by atoms with van der Waals surface area (Å²) < 4.78 is 0. The Hall–Kier alpha value is -0.0800. The van der Waals surface area contributed by atoms with E-state index in [1.165, 1.54) is 64.7 Å². The summed E-state index contributed by atoms with van der Waals surface area (Å²) in [7, 11) is 0. The zero-order valence-electron chi connectivity index (χ0n) is 10.6. The number of hydrogen-bond donors (Lipinski definition) is 1. The fraction of sp³-hybridized carbons (Fsp3) is 1.00. The highest BCUT2D eigenvalue weighted by molar-refractivity contribution is 4.72. The Morgan fingerprint density at radius 1 is 1.20 bits per heavy atom. The fourth-order valence-electron chi connectivity index (χ4n) is 2.34. The molecule has 0 amide bonds. The average molecular weight is 212 g/mol. The number of unbranched alkanes of at least 4 members (excludes halogenated alkanes) is 4. The van der Waals surface area contributed by atoms with Crippen LogP contribution in [0.4, 0.5) is 0 Å². The van der Waals surface area contributed by atoms with E-state index >= 15 is 0 Å².